The van der Waals surface area contributed by atoms with Crippen LogP contribution in [0.4, 0.5) is 5.13 Å². The van der Waals surface area contributed by atoms with Crippen LogP contribution in [0.15, 0.2) is 24.3 Å². The Bertz CT molecular complexity index is 494. The van der Waals surface area contributed by atoms with Gasteiger partial charge in [0.25, 0.3) is 0 Å². The smallest absolute Gasteiger partial charge is 0.245 e. The third kappa shape index (κ3) is 2.20. The molecule has 1 amide bonds. The lowest BCUT2D eigenvalue weighted by atomic mass is 10.1. The summed E-state index contributed by atoms with van der Waals surface area (Å²) in [6.45, 7) is 3.32. The van der Waals surface area contributed by atoms with E-state index in [1.807, 2.05) is 24.3 Å². The molecule has 0 atom stereocenters. The Balaban J connectivity index is 2.25. The van der Waals surface area contributed by atoms with Crippen molar-refractivity contribution in [2.24, 2.45) is 5.73 Å². The second kappa shape index (κ2) is 3.84. The highest BCUT2D eigenvalue weighted by Crippen LogP contribution is 2.25. The van der Waals surface area contributed by atoms with Gasteiger partial charge in [-0.1, -0.05) is 23.5 Å². The number of rotatable bonds is 2. The molecule has 0 saturated carbocycles. The summed E-state index contributed by atoms with van der Waals surface area (Å²) in [5, 5.41) is 3.30. The Morgan fingerprint density at radius 1 is 1.44 bits per heavy atom. The van der Waals surface area contributed by atoms with Crippen LogP contribution in [0.3, 0.4) is 0 Å². The van der Waals surface area contributed by atoms with Gasteiger partial charge in [0, 0.05) is 0 Å². The van der Waals surface area contributed by atoms with Gasteiger partial charge in [-0.25, -0.2) is 4.98 Å². The van der Waals surface area contributed by atoms with E-state index in [0.717, 1.165) is 10.2 Å². The van der Waals surface area contributed by atoms with E-state index in [1.54, 1.807) is 13.8 Å². The lowest BCUT2D eigenvalue weighted by Gasteiger charge is -2.15. The molecule has 1 heterocycles. The van der Waals surface area contributed by atoms with E-state index < -0.39 is 5.54 Å². The molecule has 0 aliphatic rings. The van der Waals surface area contributed by atoms with E-state index in [1.165, 1.54) is 11.3 Å². The van der Waals surface area contributed by atoms with E-state index in [0.29, 0.717) is 5.13 Å². The summed E-state index contributed by atoms with van der Waals surface area (Å²) < 4.78 is 1.05. The van der Waals surface area contributed by atoms with Crippen LogP contribution in [0.1, 0.15) is 13.8 Å². The average molecular weight is 235 g/mol. The van der Waals surface area contributed by atoms with Crippen molar-refractivity contribution in [2.75, 3.05) is 5.32 Å². The molecule has 0 radical (unpaired) electrons. The van der Waals surface area contributed by atoms with E-state index in [9.17, 15) is 4.79 Å². The number of nitrogens with one attached hydrogen (secondary N) is 1. The number of carbonyl (C=O) groups excluding carboxylic acids is 1. The zero-order valence-electron chi connectivity index (χ0n) is 9.15. The number of amides is 1. The predicted molar refractivity (Wildman–Crippen MR) is 66.5 cm³/mol. The maximum Gasteiger partial charge on any atom is 0.245 e. The lowest BCUT2D eigenvalue weighted by Crippen LogP contribution is -2.45. The number of benzene rings is 1. The minimum absolute atomic E-state index is 0.230. The Kier molecular flexibility index (Phi) is 2.65. The minimum atomic E-state index is -0.891. The van der Waals surface area contributed by atoms with Crippen molar-refractivity contribution in [1.82, 2.24) is 4.98 Å². The highest BCUT2D eigenvalue weighted by atomic mass is 32.1. The van der Waals surface area contributed by atoms with E-state index in [-0.39, 0.29) is 5.91 Å². The highest BCUT2D eigenvalue weighted by Gasteiger charge is 2.22. The SMILES string of the molecule is CC(C)(N)C(=O)Nc1nc2ccccc2s1. The van der Waals surface area contributed by atoms with Crippen LogP contribution < -0.4 is 11.1 Å². The molecule has 1 aromatic carbocycles. The number of fused-ring (bicyclic) bond motifs is 1. The molecule has 2 rings (SSSR count). The molecule has 2 aromatic rings. The van der Waals surface area contributed by atoms with Crippen molar-refractivity contribution in [3.05, 3.63) is 24.3 Å². The van der Waals surface area contributed by atoms with E-state index in [4.69, 9.17) is 5.73 Å². The average Bonchev–Trinajstić information content (AvgIpc) is 2.58. The molecule has 0 aliphatic carbocycles. The zero-order chi connectivity index (χ0) is 11.8. The standard InChI is InChI=1S/C11H13N3OS/c1-11(2,12)9(15)14-10-13-7-5-3-4-6-8(7)16-10/h3-6H,12H2,1-2H3,(H,13,14,15). The quantitative estimate of drug-likeness (QED) is 0.836. The lowest BCUT2D eigenvalue weighted by molar-refractivity contribution is -0.120. The van der Waals surface area contributed by atoms with Gasteiger partial charge in [-0.15, -0.1) is 0 Å². The molecule has 16 heavy (non-hydrogen) atoms. The molecular formula is C11H13N3OS. The molecule has 84 valence electrons. The van der Waals surface area contributed by atoms with Gasteiger partial charge in [0.1, 0.15) is 0 Å². The van der Waals surface area contributed by atoms with Gasteiger partial charge < -0.3 is 11.1 Å². The number of carbonyl (C=O) groups is 1. The number of nitrogens with two attached hydrogens (primary N) is 1. The largest absolute Gasteiger partial charge is 0.318 e. The first-order valence-corrected chi connectivity index (χ1v) is 5.74. The molecule has 0 unspecified atom stereocenters. The van der Waals surface area contributed by atoms with Crippen molar-refractivity contribution in [2.45, 2.75) is 19.4 Å². The monoisotopic (exact) mass is 235 g/mol. The van der Waals surface area contributed by atoms with Crippen LogP contribution in [0.5, 0.6) is 0 Å². The third-order valence-corrected chi connectivity index (χ3v) is 3.05. The Hall–Kier alpha value is -1.46. The summed E-state index contributed by atoms with van der Waals surface area (Å²) in [5.41, 5.74) is 5.68. The van der Waals surface area contributed by atoms with Crippen LogP contribution in [0.2, 0.25) is 0 Å². The highest BCUT2D eigenvalue weighted by molar-refractivity contribution is 7.22. The molecule has 3 N–H and O–H groups in total. The van der Waals surface area contributed by atoms with Crippen molar-refractivity contribution < 1.29 is 4.79 Å². The summed E-state index contributed by atoms with van der Waals surface area (Å²) in [6, 6.07) is 7.74. The first-order valence-electron chi connectivity index (χ1n) is 4.93. The predicted octanol–water partition coefficient (Wildman–Crippen LogP) is 1.97. The molecule has 0 spiro atoms. The van der Waals surface area contributed by atoms with Crippen LogP contribution in [-0.2, 0) is 4.79 Å². The first kappa shape index (κ1) is 11.0. The summed E-state index contributed by atoms with van der Waals surface area (Å²) in [7, 11) is 0. The summed E-state index contributed by atoms with van der Waals surface area (Å²) in [6.07, 6.45) is 0. The Labute approximate surface area is 97.5 Å². The fourth-order valence-corrected chi connectivity index (χ4v) is 2.04. The zero-order valence-corrected chi connectivity index (χ0v) is 9.97. The van der Waals surface area contributed by atoms with Gasteiger partial charge in [0.2, 0.25) is 5.91 Å². The fourth-order valence-electron chi connectivity index (χ4n) is 1.18. The number of aromatic nitrogens is 1. The number of hydrogen-bond donors (Lipinski definition) is 2. The summed E-state index contributed by atoms with van der Waals surface area (Å²) >= 11 is 1.44. The Morgan fingerprint density at radius 2 is 2.12 bits per heavy atom. The van der Waals surface area contributed by atoms with E-state index in [2.05, 4.69) is 10.3 Å². The van der Waals surface area contributed by atoms with Crippen LogP contribution in [0, 0.1) is 0 Å². The van der Waals surface area contributed by atoms with Gasteiger partial charge in [0.15, 0.2) is 5.13 Å². The maximum absolute atomic E-state index is 11.6. The van der Waals surface area contributed by atoms with Crippen LogP contribution in [-0.4, -0.2) is 16.4 Å². The van der Waals surface area contributed by atoms with Gasteiger partial charge >= 0.3 is 0 Å². The minimum Gasteiger partial charge on any atom is -0.318 e. The normalized spacial score (nSPS) is 11.7. The number of nitrogens with zero attached hydrogens (tertiary/aromatic N) is 1. The number of hydrogen-bond acceptors (Lipinski definition) is 4. The second-order valence-corrected chi connectivity index (χ2v) is 5.19. The van der Waals surface area contributed by atoms with Gasteiger partial charge in [0.05, 0.1) is 15.8 Å². The van der Waals surface area contributed by atoms with Crippen molar-refractivity contribution in [3.63, 3.8) is 0 Å². The second-order valence-electron chi connectivity index (χ2n) is 4.16. The molecular weight excluding hydrogens is 222 g/mol. The van der Waals surface area contributed by atoms with Crippen molar-refractivity contribution in [3.8, 4) is 0 Å². The topological polar surface area (TPSA) is 68.0 Å². The summed E-state index contributed by atoms with van der Waals surface area (Å²) in [5.74, 6) is -0.230. The number of thiazole rings is 1. The third-order valence-electron chi connectivity index (χ3n) is 2.10. The first-order chi connectivity index (χ1) is 7.47. The van der Waals surface area contributed by atoms with Crippen LogP contribution in [0.25, 0.3) is 10.2 Å². The van der Waals surface area contributed by atoms with E-state index >= 15 is 0 Å². The molecule has 5 heteroatoms. The molecule has 0 bridgehead atoms. The van der Waals surface area contributed by atoms with Gasteiger partial charge in [-0.3, -0.25) is 4.79 Å². The van der Waals surface area contributed by atoms with Gasteiger partial charge in [-0.2, -0.15) is 0 Å². The molecule has 0 saturated heterocycles. The van der Waals surface area contributed by atoms with Crippen molar-refractivity contribution in [1.29, 1.82) is 0 Å². The molecule has 1 aromatic heterocycles. The molecule has 4 nitrogen and oxygen atoms in total. The Morgan fingerprint density at radius 3 is 2.75 bits per heavy atom. The fraction of sp³-hybridized carbons (Fsp3) is 0.273. The maximum atomic E-state index is 11.6. The molecule has 0 aliphatic heterocycles. The molecule has 0 fully saturated rings. The van der Waals surface area contributed by atoms with Crippen molar-refractivity contribution >= 4 is 32.6 Å². The summed E-state index contributed by atoms with van der Waals surface area (Å²) in [4.78, 5) is 15.9. The van der Waals surface area contributed by atoms with Gasteiger partial charge in [-0.05, 0) is 26.0 Å². The van der Waals surface area contributed by atoms with Crippen LogP contribution >= 0.6 is 11.3 Å². The number of para-hydroxylation sites is 1. The number of anilines is 1.